The standard InChI is InChI=1S/C13H20F3N3O2S2/c1-2-10-3-4-12(22-10)23(20,21)18-9-11(13(14,15)16)19-7-5-17-6-8-19/h3-4,11,17-18H,2,5-9H2,1H3. The zero-order valence-electron chi connectivity index (χ0n) is 12.7. The van der Waals surface area contributed by atoms with Gasteiger partial charge in [-0.3, -0.25) is 4.90 Å². The number of halogens is 3. The molecule has 0 radical (unpaired) electrons. The fourth-order valence-corrected chi connectivity index (χ4v) is 4.78. The van der Waals surface area contributed by atoms with E-state index >= 15 is 0 Å². The largest absolute Gasteiger partial charge is 0.405 e. The second kappa shape index (κ2) is 7.47. The molecule has 0 amide bonds. The minimum atomic E-state index is -4.48. The van der Waals surface area contributed by atoms with Crippen LogP contribution >= 0.6 is 11.3 Å². The first-order valence-electron chi connectivity index (χ1n) is 7.34. The molecular weight excluding hydrogens is 351 g/mol. The molecule has 1 unspecified atom stereocenters. The zero-order chi connectivity index (χ0) is 17.1. The Hall–Kier alpha value is -0.680. The van der Waals surface area contributed by atoms with Crippen LogP contribution in [0.2, 0.25) is 0 Å². The highest BCUT2D eigenvalue weighted by molar-refractivity contribution is 7.91. The Morgan fingerprint density at radius 2 is 2.00 bits per heavy atom. The van der Waals surface area contributed by atoms with E-state index in [-0.39, 0.29) is 17.3 Å². The van der Waals surface area contributed by atoms with Crippen molar-refractivity contribution in [2.24, 2.45) is 0 Å². The van der Waals surface area contributed by atoms with Gasteiger partial charge in [-0.1, -0.05) is 6.92 Å². The summed E-state index contributed by atoms with van der Waals surface area (Å²) in [4.78, 5) is 2.14. The zero-order valence-corrected chi connectivity index (χ0v) is 14.3. The molecule has 5 nitrogen and oxygen atoms in total. The van der Waals surface area contributed by atoms with Gasteiger partial charge in [0.05, 0.1) is 0 Å². The van der Waals surface area contributed by atoms with Crippen molar-refractivity contribution in [1.82, 2.24) is 14.9 Å². The number of sulfonamides is 1. The van der Waals surface area contributed by atoms with Crippen molar-refractivity contribution in [3.05, 3.63) is 17.0 Å². The fourth-order valence-electron chi connectivity index (χ4n) is 2.40. The average molecular weight is 371 g/mol. The topological polar surface area (TPSA) is 61.4 Å². The van der Waals surface area contributed by atoms with Crippen molar-refractivity contribution in [2.75, 3.05) is 32.7 Å². The summed E-state index contributed by atoms with van der Waals surface area (Å²) in [5, 5.41) is 2.98. The van der Waals surface area contributed by atoms with Crippen LogP contribution in [0.15, 0.2) is 16.3 Å². The van der Waals surface area contributed by atoms with Gasteiger partial charge in [-0.15, -0.1) is 11.3 Å². The smallest absolute Gasteiger partial charge is 0.314 e. The summed E-state index contributed by atoms with van der Waals surface area (Å²) in [6, 6.07) is 1.29. The first-order valence-corrected chi connectivity index (χ1v) is 9.64. The molecule has 2 rings (SSSR count). The van der Waals surface area contributed by atoms with Crippen LogP contribution in [0.1, 0.15) is 11.8 Å². The number of thiophene rings is 1. The van der Waals surface area contributed by atoms with Crippen LogP contribution in [0.25, 0.3) is 0 Å². The molecule has 2 N–H and O–H groups in total. The van der Waals surface area contributed by atoms with Crippen LogP contribution in [0, 0.1) is 0 Å². The monoisotopic (exact) mass is 371 g/mol. The van der Waals surface area contributed by atoms with Gasteiger partial charge in [0, 0.05) is 37.6 Å². The van der Waals surface area contributed by atoms with Gasteiger partial charge in [-0.2, -0.15) is 13.2 Å². The predicted octanol–water partition coefficient (Wildman–Crippen LogP) is 1.42. The second-order valence-electron chi connectivity index (χ2n) is 5.27. The molecule has 1 aliphatic rings. The Balaban J connectivity index is 2.07. The van der Waals surface area contributed by atoms with E-state index in [1.807, 2.05) is 6.92 Å². The van der Waals surface area contributed by atoms with Crippen LogP contribution in [-0.4, -0.2) is 58.3 Å². The summed E-state index contributed by atoms with van der Waals surface area (Å²) >= 11 is 1.08. The van der Waals surface area contributed by atoms with Crippen molar-refractivity contribution in [1.29, 1.82) is 0 Å². The van der Waals surface area contributed by atoms with Crippen molar-refractivity contribution in [3.8, 4) is 0 Å². The molecule has 1 fully saturated rings. The Kier molecular flexibility index (Phi) is 6.06. The highest BCUT2D eigenvalue weighted by atomic mass is 32.2. The van der Waals surface area contributed by atoms with E-state index in [0.717, 1.165) is 16.2 Å². The summed E-state index contributed by atoms with van der Waals surface area (Å²) in [6.07, 6.45) is -3.80. The molecule has 10 heteroatoms. The van der Waals surface area contributed by atoms with E-state index < -0.39 is 28.8 Å². The van der Waals surface area contributed by atoms with E-state index in [4.69, 9.17) is 0 Å². The molecular formula is C13H20F3N3O2S2. The number of aryl methyl sites for hydroxylation is 1. The second-order valence-corrected chi connectivity index (χ2v) is 8.43. The Bertz CT molecular complexity index is 610. The normalized spacial score (nSPS) is 19.0. The van der Waals surface area contributed by atoms with E-state index in [2.05, 4.69) is 10.0 Å². The first-order chi connectivity index (χ1) is 10.7. The van der Waals surface area contributed by atoms with Gasteiger partial charge in [0.25, 0.3) is 0 Å². The van der Waals surface area contributed by atoms with Gasteiger partial charge in [0.1, 0.15) is 10.3 Å². The van der Waals surface area contributed by atoms with Crippen LogP contribution in [0.5, 0.6) is 0 Å². The SMILES string of the molecule is CCc1ccc(S(=O)(=O)NCC(N2CCNCC2)C(F)(F)F)s1. The predicted molar refractivity (Wildman–Crippen MR) is 83.2 cm³/mol. The molecule has 0 bridgehead atoms. The summed E-state index contributed by atoms with van der Waals surface area (Å²) in [5.74, 6) is 0. The molecule has 0 aliphatic carbocycles. The number of rotatable bonds is 6. The van der Waals surface area contributed by atoms with Crippen LogP contribution in [0.4, 0.5) is 13.2 Å². The van der Waals surface area contributed by atoms with Crippen LogP contribution in [-0.2, 0) is 16.4 Å². The van der Waals surface area contributed by atoms with Gasteiger partial charge in [0.15, 0.2) is 0 Å². The third-order valence-corrected chi connectivity index (χ3v) is 6.83. The highest BCUT2D eigenvalue weighted by Crippen LogP contribution is 2.26. The molecule has 23 heavy (non-hydrogen) atoms. The van der Waals surface area contributed by atoms with Gasteiger partial charge in [0.2, 0.25) is 10.0 Å². The van der Waals surface area contributed by atoms with E-state index in [9.17, 15) is 21.6 Å². The van der Waals surface area contributed by atoms with Gasteiger partial charge < -0.3 is 5.32 Å². The molecule has 1 atom stereocenters. The molecule has 0 spiro atoms. The lowest BCUT2D eigenvalue weighted by atomic mass is 10.2. The van der Waals surface area contributed by atoms with Crippen molar-refractivity contribution < 1.29 is 21.6 Å². The van der Waals surface area contributed by atoms with Crippen LogP contribution in [0.3, 0.4) is 0 Å². The number of piperazine rings is 1. The summed E-state index contributed by atoms with van der Waals surface area (Å²) < 4.78 is 66.3. The lowest BCUT2D eigenvalue weighted by molar-refractivity contribution is -0.182. The maximum Gasteiger partial charge on any atom is 0.405 e. The summed E-state index contributed by atoms with van der Waals surface area (Å²) in [5.41, 5.74) is 0. The molecule has 1 aromatic heterocycles. The van der Waals surface area contributed by atoms with Gasteiger partial charge in [-0.05, 0) is 18.6 Å². The number of alkyl halides is 3. The van der Waals surface area contributed by atoms with Gasteiger partial charge in [-0.25, -0.2) is 13.1 Å². The third kappa shape index (κ3) is 4.90. The molecule has 1 aliphatic heterocycles. The third-order valence-electron chi connectivity index (χ3n) is 3.69. The van der Waals surface area contributed by atoms with E-state index in [1.165, 1.54) is 11.0 Å². The quantitative estimate of drug-likeness (QED) is 0.794. The maximum atomic E-state index is 13.2. The Morgan fingerprint density at radius 1 is 1.35 bits per heavy atom. The van der Waals surface area contributed by atoms with Crippen molar-refractivity contribution >= 4 is 21.4 Å². The summed E-state index contributed by atoms with van der Waals surface area (Å²) in [6.45, 7) is 2.62. The van der Waals surface area contributed by atoms with E-state index in [0.29, 0.717) is 19.5 Å². The van der Waals surface area contributed by atoms with Crippen molar-refractivity contribution in [2.45, 2.75) is 29.8 Å². The lowest BCUT2D eigenvalue weighted by Crippen LogP contribution is -2.57. The molecule has 132 valence electrons. The number of hydrogen-bond acceptors (Lipinski definition) is 5. The number of nitrogens with one attached hydrogen (secondary N) is 2. The maximum absolute atomic E-state index is 13.2. The van der Waals surface area contributed by atoms with Crippen LogP contribution < -0.4 is 10.0 Å². The summed E-state index contributed by atoms with van der Waals surface area (Å²) in [7, 11) is -3.92. The first kappa shape index (κ1) is 18.7. The molecule has 2 heterocycles. The minimum Gasteiger partial charge on any atom is -0.314 e. The molecule has 0 aromatic carbocycles. The van der Waals surface area contributed by atoms with Crippen molar-refractivity contribution in [3.63, 3.8) is 0 Å². The highest BCUT2D eigenvalue weighted by Gasteiger charge is 2.44. The molecule has 0 saturated carbocycles. The molecule has 1 aromatic rings. The van der Waals surface area contributed by atoms with Gasteiger partial charge >= 0.3 is 6.18 Å². The lowest BCUT2D eigenvalue weighted by Gasteiger charge is -2.35. The Morgan fingerprint density at radius 3 is 2.52 bits per heavy atom. The fraction of sp³-hybridized carbons (Fsp3) is 0.692. The van der Waals surface area contributed by atoms with E-state index in [1.54, 1.807) is 6.07 Å². The minimum absolute atomic E-state index is 0.0515. The Labute approximate surface area is 137 Å². The molecule has 1 saturated heterocycles. The number of hydrogen-bond donors (Lipinski definition) is 2. The number of nitrogens with zero attached hydrogens (tertiary/aromatic N) is 1. The average Bonchev–Trinajstić information content (AvgIpc) is 2.97.